The molecule has 1 saturated heterocycles. The lowest BCUT2D eigenvalue weighted by Gasteiger charge is -2.32. The molecule has 0 radical (unpaired) electrons. The van der Waals surface area contributed by atoms with Crippen molar-refractivity contribution < 1.29 is 9.47 Å². The van der Waals surface area contributed by atoms with E-state index < -0.39 is 0 Å². The average Bonchev–Trinajstić information content (AvgIpc) is 2.73. The zero-order valence-corrected chi connectivity index (χ0v) is 16.0. The summed E-state index contributed by atoms with van der Waals surface area (Å²) in [6.45, 7) is 3.86. The van der Waals surface area contributed by atoms with Gasteiger partial charge in [0.1, 0.15) is 0 Å². The molecule has 0 atom stereocenters. The Hall–Kier alpha value is -2.86. The molecule has 1 fully saturated rings. The van der Waals surface area contributed by atoms with Crippen LogP contribution >= 0.6 is 0 Å². The fraction of sp³-hybridized carbons (Fsp3) is 0.333. The first-order valence-electron chi connectivity index (χ1n) is 9.12. The van der Waals surface area contributed by atoms with E-state index in [0.29, 0.717) is 11.5 Å². The first-order valence-corrected chi connectivity index (χ1v) is 9.12. The monoisotopic (exact) mass is 364 g/mol. The molecule has 27 heavy (non-hydrogen) atoms. The van der Waals surface area contributed by atoms with Crippen LogP contribution in [0.1, 0.15) is 0 Å². The Kier molecular flexibility index (Phi) is 4.81. The van der Waals surface area contributed by atoms with Crippen LogP contribution in [0.25, 0.3) is 22.2 Å². The van der Waals surface area contributed by atoms with Crippen molar-refractivity contribution in [2.75, 3.05) is 52.3 Å². The fourth-order valence-electron chi connectivity index (χ4n) is 3.41. The minimum absolute atomic E-state index is 0.673. The smallest absolute Gasteiger partial charge is 0.226 e. The Morgan fingerprint density at radius 1 is 0.852 bits per heavy atom. The lowest BCUT2D eigenvalue weighted by molar-refractivity contribution is 0.311. The Balaban J connectivity index is 1.90. The second kappa shape index (κ2) is 7.40. The maximum Gasteiger partial charge on any atom is 0.226 e. The quantitative estimate of drug-likeness (QED) is 0.709. The van der Waals surface area contributed by atoms with Crippen molar-refractivity contribution in [3.63, 3.8) is 0 Å². The van der Waals surface area contributed by atoms with E-state index in [4.69, 9.17) is 19.4 Å². The molecule has 0 unspecified atom stereocenters. The number of aromatic nitrogens is 2. The summed E-state index contributed by atoms with van der Waals surface area (Å²) in [6.07, 6.45) is 0. The summed E-state index contributed by atoms with van der Waals surface area (Å²) in [5.41, 5.74) is 2.83. The van der Waals surface area contributed by atoms with Gasteiger partial charge in [0.25, 0.3) is 0 Å². The molecule has 6 nitrogen and oxygen atoms in total. The minimum Gasteiger partial charge on any atom is -0.493 e. The highest BCUT2D eigenvalue weighted by molar-refractivity contribution is 5.95. The lowest BCUT2D eigenvalue weighted by Crippen LogP contribution is -2.45. The molecule has 140 valence electrons. The third-order valence-corrected chi connectivity index (χ3v) is 5.02. The molecule has 4 rings (SSSR count). The van der Waals surface area contributed by atoms with E-state index in [0.717, 1.165) is 54.3 Å². The number of piperazine rings is 1. The molecule has 2 heterocycles. The van der Waals surface area contributed by atoms with Gasteiger partial charge in [-0.1, -0.05) is 30.3 Å². The second-order valence-corrected chi connectivity index (χ2v) is 6.75. The summed E-state index contributed by atoms with van der Waals surface area (Å²) in [5, 5.41) is 0.955. The molecule has 0 bridgehead atoms. The van der Waals surface area contributed by atoms with E-state index in [2.05, 4.69) is 29.0 Å². The van der Waals surface area contributed by atoms with Gasteiger partial charge in [-0.15, -0.1) is 0 Å². The van der Waals surface area contributed by atoms with Crippen LogP contribution in [-0.2, 0) is 0 Å². The Bertz CT molecular complexity index is 938. The van der Waals surface area contributed by atoms with Crippen LogP contribution in [0.15, 0.2) is 42.5 Å². The highest BCUT2D eigenvalue weighted by Crippen LogP contribution is 2.36. The van der Waals surface area contributed by atoms with Gasteiger partial charge in [-0.25, -0.2) is 9.97 Å². The summed E-state index contributed by atoms with van der Waals surface area (Å²) >= 11 is 0. The molecule has 1 aliphatic rings. The Morgan fingerprint density at radius 2 is 1.52 bits per heavy atom. The number of benzene rings is 2. The molecule has 3 aromatic rings. The van der Waals surface area contributed by atoms with E-state index in [-0.39, 0.29) is 0 Å². The van der Waals surface area contributed by atoms with Crippen molar-refractivity contribution in [2.45, 2.75) is 0 Å². The van der Waals surface area contributed by atoms with Crippen LogP contribution in [0, 0.1) is 0 Å². The van der Waals surface area contributed by atoms with Gasteiger partial charge in [0.15, 0.2) is 11.5 Å². The number of nitrogens with zero attached hydrogens (tertiary/aromatic N) is 4. The van der Waals surface area contributed by atoms with Crippen molar-refractivity contribution >= 4 is 16.9 Å². The molecule has 0 spiro atoms. The van der Waals surface area contributed by atoms with Crippen molar-refractivity contribution in [2.24, 2.45) is 0 Å². The molecule has 1 aromatic heterocycles. The van der Waals surface area contributed by atoms with E-state index >= 15 is 0 Å². The Morgan fingerprint density at radius 3 is 2.19 bits per heavy atom. The number of ether oxygens (including phenoxy) is 2. The number of anilines is 1. The summed E-state index contributed by atoms with van der Waals surface area (Å²) in [4.78, 5) is 14.4. The Labute approximate surface area is 159 Å². The number of hydrogen-bond acceptors (Lipinski definition) is 6. The van der Waals surface area contributed by atoms with Gasteiger partial charge in [0, 0.05) is 43.2 Å². The van der Waals surface area contributed by atoms with Gasteiger partial charge < -0.3 is 19.3 Å². The number of fused-ring (bicyclic) bond motifs is 1. The third-order valence-electron chi connectivity index (χ3n) is 5.02. The molecular formula is C21H24N4O2. The standard InChI is InChI=1S/C21H24N4O2/c1-24-9-11-25(12-10-24)21-22-17-14-19(27-3)18(26-2)13-16(17)20(23-21)15-7-5-4-6-8-15/h4-8,13-14H,9-12H2,1-3H3. The number of rotatable bonds is 4. The van der Waals surface area contributed by atoms with Gasteiger partial charge in [-0.2, -0.15) is 0 Å². The normalized spacial score (nSPS) is 15.1. The number of methoxy groups -OCH3 is 2. The van der Waals surface area contributed by atoms with E-state index in [1.807, 2.05) is 30.3 Å². The van der Waals surface area contributed by atoms with Crippen molar-refractivity contribution in [3.05, 3.63) is 42.5 Å². The molecule has 0 amide bonds. The summed E-state index contributed by atoms with van der Waals surface area (Å²) in [5.74, 6) is 2.12. The molecule has 1 aliphatic heterocycles. The molecule has 6 heteroatoms. The van der Waals surface area contributed by atoms with Crippen LogP contribution < -0.4 is 14.4 Å². The highest BCUT2D eigenvalue weighted by atomic mass is 16.5. The van der Waals surface area contributed by atoms with E-state index in [9.17, 15) is 0 Å². The molecule has 2 aromatic carbocycles. The zero-order chi connectivity index (χ0) is 18.8. The van der Waals surface area contributed by atoms with Crippen LogP contribution in [0.3, 0.4) is 0 Å². The predicted molar refractivity (Wildman–Crippen MR) is 108 cm³/mol. The summed E-state index contributed by atoms with van der Waals surface area (Å²) in [6, 6.07) is 14.1. The predicted octanol–water partition coefficient (Wildman–Crippen LogP) is 3.07. The van der Waals surface area contributed by atoms with Crippen molar-refractivity contribution in [1.29, 1.82) is 0 Å². The molecular weight excluding hydrogens is 340 g/mol. The minimum atomic E-state index is 0.673. The van der Waals surface area contributed by atoms with Crippen LogP contribution in [0.5, 0.6) is 11.5 Å². The largest absolute Gasteiger partial charge is 0.493 e. The summed E-state index contributed by atoms with van der Waals surface area (Å²) < 4.78 is 11.0. The first kappa shape index (κ1) is 17.5. The maximum atomic E-state index is 5.50. The van der Waals surface area contributed by atoms with Crippen molar-refractivity contribution in [3.8, 4) is 22.8 Å². The average molecular weight is 364 g/mol. The highest BCUT2D eigenvalue weighted by Gasteiger charge is 2.20. The molecule has 0 saturated carbocycles. The van der Waals surface area contributed by atoms with E-state index in [1.54, 1.807) is 14.2 Å². The van der Waals surface area contributed by atoms with Gasteiger partial charge in [0.05, 0.1) is 25.4 Å². The molecule has 0 aliphatic carbocycles. The lowest BCUT2D eigenvalue weighted by atomic mass is 10.1. The molecule has 0 N–H and O–H groups in total. The first-order chi connectivity index (χ1) is 13.2. The van der Waals surface area contributed by atoms with Crippen LogP contribution in [-0.4, -0.2) is 62.3 Å². The zero-order valence-electron chi connectivity index (χ0n) is 16.0. The van der Waals surface area contributed by atoms with Gasteiger partial charge >= 0.3 is 0 Å². The van der Waals surface area contributed by atoms with Gasteiger partial charge in [-0.3, -0.25) is 0 Å². The summed E-state index contributed by atoms with van der Waals surface area (Å²) in [7, 11) is 5.43. The second-order valence-electron chi connectivity index (χ2n) is 6.75. The number of hydrogen-bond donors (Lipinski definition) is 0. The number of likely N-dealkylation sites (N-methyl/N-ethyl adjacent to an activating group) is 1. The van der Waals surface area contributed by atoms with Crippen LogP contribution in [0.2, 0.25) is 0 Å². The maximum absolute atomic E-state index is 5.50. The van der Waals surface area contributed by atoms with Gasteiger partial charge in [-0.05, 0) is 13.1 Å². The van der Waals surface area contributed by atoms with E-state index in [1.165, 1.54) is 0 Å². The SMILES string of the molecule is COc1cc2nc(N3CCN(C)CC3)nc(-c3ccccc3)c2cc1OC. The van der Waals surface area contributed by atoms with Crippen molar-refractivity contribution in [1.82, 2.24) is 14.9 Å². The fourth-order valence-corrected chi connectivity index (χ4v) is 3.41. The topological polar surface area (TPSA) is 50.7 Å². The third kappa shape index (κ3) is 3.40. The van der Waals surface area contributed by atoms with Gasteiger partial charge in [0.2, 0.25) is 5.95 Å². The van der Waals surface area contributed by atoms with Crippen LogP contribution in [0.4, 0.5) is 5.95 Å².